The fourth-order valence-electron chi connectivity index (χ4n) is 3.17. The average molecular weight is 396 g/mol. The summed E-state index contributed by atoms with van der Waals surface area (Å²) in [6.07, 6.45) is 0.694. The summed E-state index contributed by atoms with van der Waals surface area (Å²) in [5.41, 5.74) is 0.315. The van der Waals surface area contributed by atoms with Crippen LogP contribution in [-0.4, -0.2) is 37.6 Å². The Morgan fingerprint density at radius 3 is 2.58 bits per heavy atom. The second-order valence-corrected chi connectivity index (χ2v) is 8.94. The van der Waals surface area contributed by atoms with Crippen molar-refractivity contribution in [3.05, 3.63) is 64.9 Å². The number of hydrogen-bond acceptors (Lipinski definition) is 3. The van der Waals surface area contributed by atoms with Gasteiger partial charge in [-0.05, 0) is 37.1 Å². The minimum absolute atomic E-state index is 0.0960. The minimum Gasteiger partial charge on any atom is -0.341 e. The first-order chi connectivity index (χ1) is 12.4. The summed E-state index contributed by atoms with van der Waals surface area (Å²) in [7, 11) is -3.46. The Labute approximate surface area is 157 Å². The molecule has 2 aromatic carbocycles. The number of halogens is 2. The summed E-state index contributed by atoms with van der Waals surface area (Å²) in [4.78, 5) is 14.2. The second kappa shape index (κ2) is 7.76. The van der Waals surface area contributed by atoms with Crippen LogP contribution in [0.5, 0.6) is 0 Å². The molecule has 0 spiro atoms. The predicted octanol–water partition coefficient (Wildman–Crippen LogP) is 3.49. The van der Waals surface area contributed by atoms with Gasteiger partial charge in [-0.15, -0.1) is 0 Å². The zero-order valence-electron chi connectivity index (χ0n) is 14.1. The number of carbonyl (C=O) groups is 1. The van der Waals surface area contributed by atoms with Crippen LogP contribution < -0.4 is 0 Å². The second-order valence-electron chi connectivity index (χ2n) is 6.31. The van der Waals surface area contributed by atoms with Gasteiger partial charge in [0.15, 0.2) is 9.84 Å². The van der Waals surface area contributed by atoms with Gasteiger partial charge < -0.3 is 4.90 Å². The number of amides is 1. The van der Waals surface area contributed by atoms with E-state index in [4.69, 9.17) is 11.6 Å². The van der Waals surface area contributed by atoms with Crippen LogP contribution >= 0.6 is 11.6 Å². The van der Waals surface area contributed by atoms with Gasteiger partial charge >= 0.3 is 0 Å². The number of likely N-dealkylation sites (tertiary alicyclic amines) is 1. The Kier molecular flexibility index (Phi) is 5.63. The maximum absolute atomic E-state index is 13.8. The van der Waals surface area contributed by atoms with Gasteiger partial charge in [0.1, 0.15) is 5.82 Å². The molecule has 0 radical (unpaired) electrons. The van der Waals surface area contributed by atoms with Crippen molar-refractivity contribution in [2.45, 2.75) is 29.4 Å². The third-order valence-electron chi connectivity index (χ3n) is 4.66. The predicted molar refractivity (Wildman–Crippen MR) is 98.3 cm³/mol. The lowest BCUT2D eigenvalue weighted by atomic mass is 10.1. The molecule has 26 heavy (non-hydrogen) atoms. The van der Waals surface area contributed by atoms with Gasteiger partial charge in [0.2, 0.25) is 5.91 Å². The zero-order chi connectivity index (χ0) is 18.7. The van der Waals surface area contributed by atoms with Crippen LogP contribution in [0.25, 0.3) is 0 Å². The summed E-state index contributed by atoms with van der Waals surface area (Å²) in [6.45, 7) is 0.557. The first kappa shape index (κ1) is 18.9. The van der Waals surface area contributed by atoms with Crippen LogP contribution in [0.2, 0.25) is 5.02 Å². The van der Waals surface area contributed by atoms with E-state index in [1.165, 1.54) is 12.1 Å². The highest BCUT2D eigenvalue weighted by Crippen LogP contribution is 2.25. The zero-order valence-corrected chi connectivity index (χ0v) is 15.6. The van der Waals surface area contributed by atoms with E-state index in [0.29, 0.717) is 23.6 Å². The molecule has 4 nitrogen and oxygen atoms in total. The number of carbonyl (C=O) groups excluding carboxylic acids is 1. The number of benzene rings is 2. The molecule has 1 unspecified atom stereocenters. The molecule has 1 amide bonds. The molecule has 1 atom stereocenters. The minimum atomic E-state index is -3.46. The Morgan fingerprint density at radius 1 is 1.15 bits per heavy atom. The molecule has 1 aliphatic heterocycles. The van der Waals surface area contributed by atoms with Crippen molar-refractivity contribution in [1.29, 1.82) is 0 Å². The molecule has 0 bridgehead atoms. The molecule has 1 aliphatic rings. The van der Waals surface area contributed by atoms with Crippen LogP contribution in [0.1, 0.15) is 18.4 Å². The fraction of sp³-hybridized carbons (Fsp3) is 0.316. The molecule has 2 aromatic rings. The van der Waals surface area contributed by atoms with Gasteiger partial charge in [-0.1, -0.05) is 35.9 Å². The van der Waals surface area contributed by atoms with Gasteiger partial charge in [-0.2, -0.15) is 0 Å². The highest BCUT2D eigenvalue weighted by molar-refractivity contribution is 7.92. The molecule has 7 heteroatoms. The SMILES string of the molecule is O=C(CCc1c(F)cccc1Cl)N1CCC(S(=O)(=O)c2ccccc2)C1. The molecule has 138 valence electrons. The third-order valence-corrected chi connectivity index (χ3v) is 7.20. The molecular formula is C19H19ClFNO3S. The summed E-state index contributed by atoms with van der Waals surface area (Å²) in [5.74, 6) is -0.619. The summed E-state index contributed by atoms with van der Waals surface area (Å²) in [6, 6.07) is 12.7. The van der Waals surface area contributed by atoms with E-state index in [2.05, 4.69) is 0 Å². The summed E-state index contributed by atoms with van der Waals surface area (Å²) < 4.78 is 39.1. The summed E-state index contributed by atoms with van der Waals surface area (Å²) >= 11 is 5.98. The van der Waals surface area contributed by atoms with Crippen LogP contribution in [-0.2, 0) is 21.1 Å². The quantitative estimate of drug-likeness (QED) is 0.778. The smallest absolute Gasteiger partial charge is 0.222 e. The number of rotatable bonds is 5. The normalized spacial score (nSPS) is 17.5. The molecule has 1 fully saturated rings. The van der Waals surface area contributed by atoms with E-state index >= 15 is 0 Å². The fourth-order valence-corrected chi connectivity index (χ4v) is 5.14. The number of sulfone groups is 1. The maximum atomic E-state index is 13.8. The molecule has 0 aliphatic carbocycles. The van der Waals surface area contributed by atoms with E-state index < -0.39 is 20.9 Å². The molecular weight excluding hydrogens is 377 g/mol. The van der Waals surface area contributed by atoms with Crippen molar-refractivity contribution in [2.75, 3.05) is 13.1 Å². The molecule has 0 aromatic heterocycles. The van der Waals surface area contributed by atoms with E-state index in [-0.39, 0.29) is 30.2 Å². The molecule has 0 saturated carbocycles. The monoisotopic (exact) mass is 395 g/mol. The van der Waals surface area contributed by atoms with Crippen molar-refractivity contribution in [2.24, 2.45) is 0 Å². The van der Waals surface area contributed by atoms with Crippen LogP contribution in [0.4, 0.5) is 4.39 Å². The lowest BCUT2D eigenvalue weighted by molar-refractivity contribution is -0.130. The lowest BCUT2D eigenvalue weighted by Crippen LogP contribution is -2.32. The number of nitrogens with zero attached hydrogens (tertiary/aromatic N) is 1. The highest BCUT2D eigenvalue weighted by atomic mass is 35.5. The van der Waals surface area contributed by atoms with Crippen molar-refractivity contribution in [1.82, 2.24) is 4.90 Å². The highest BCUT2D eigenvalue weighted by Gasteiger charge is 2.35. The van der Waals surface area contributed by atoms with Crippen LogP contribution in [0, 0.1) is 5.82 Å². The number of hydrogen-bond donors (Lipinski definition) is 0. The molecule has 1 saturated heterocycles. The van der Waals surface area contributed by atoms with E-state index in [0.717, 1.165) is 0 Å². The lowest BCUT2D eigenvalue weighted by Gasteiger charge is -2.17. The van der Waals surface area contributed by atoms with Gasteiger partial charge in [0.05, 0.1) is 10.1 Å². The van der Waals surface area contributed by atoms with Crippen molar-refractivity contribution < 1.29 is 17.6 Å². The van der Waals surface area contributed by atoms with E-state index in [9.17, 15) is 17.6 Å². The largest absolute Gasteiger partial charge is 0.341 e. The van der Waals surface area contributed by atoms with Crippen molar-refractivity contribution in [3.8, 4) is 0 Å². The van der Waals surface area contributed by atoms with Gasteiger partial charge in [-0.25, -0.2) is 12.8 Å². The third kappa shape index (κ3) is 3.91. The van der Waals surface area contributed by atoms with Gasteiger partial charge in [-0.3, -0.25) is 4.79 Å². The van der Waals surface area contributed by atoms with Gasteiger partial charge in [0, 0.05) is 30.1 Å². The maximum Gasteiger partial charge on any atom is 0.222 e. The van der Waals surface area contributed by atoms with Crippen molar-refractivity contribution in [3.63, 3.8) is 0 Å². The molecule has 1 heterocycles. The topological polar surface area (TPSA) is 54.5 Å². The Balaban J connectivity index is 1.63. The molecule has 3 rings (SSSR count). The Morgan fingerprint density at radius 2 is 1.88 bits per heavy atom. The Bertz CT molecular complexity index is 882. The first-order valence-electron chi connectivity index (χ1n) is 8.39. The first-order valence-corrected chi connectivity index (χ1v) is 10.3. The van der Waals surface area contributed by atoms with E-state index in [1.54, 1.807) is 41.3 Å². The molecule has 0 N–H and O–H groups in total. The standard InChI is InChI=1S/C19H19ClFNO3S/c20-17-7-4-8-18(21)16(17)9-10-19(23)22-12-11-15(13-22)26(24,25)14-5-2-1-3-6-14/h1-8,15H,9-13H2. The van der Waals surface area contributed by atoms with Gasteiger partial charge in [0.25, 0.3) is 0 Å². The van der Waals surface area contributed by atoms with Crippen molar-refractivity contribution >= 4 is 27.3 Å². The average Bonchev–Trinajstić information content (AvgIpc) is 3.13. The summed E-state index contributed by atoms with van der Waals surface area (Å²) in [5, 5.41) is -0.311. The van der Waals surface area contributed by atoms with Crippen LogP contribution in [0.3, 0.4) is 0 Å². The Hall–Kier alpha value is -1.92. The van der Waals surface area contributed by atoms with Crippen LogP contribution in [0.15, 0.2) is 53.4 Å². The van der Waals surface area contributed by atoms with E-state index in [1.807, 2.05) is 0 Å².